The Kier molecular flexibility index (Phi) is 9.03. The number of rotatable bonds is 11. The number of aryl methyl sites for hydroxylation is 5. The summed E-state index contributed by atoms with van der Waals surface area (Å²) in [7, 11) is 0. The van der Waals surface area contributed by atoms with E-state index in [1.54, 1.807) is 41.2 Å². The number of aromatic nitrogens is 8. The van der Waals surface area contributed by atoms with Crippen LogP contribution in [-0.4, -0.2) is 56.4 Å². The van der Waals surface area contributed by atoms with Gasteiger partial charge >= 0.3 is 0 Å². The number of anilines is 1. The van der Waals surface area contributed by atoms with Crippen molar-refractivity contribution in [3.05, 3.63) is 100 Å². The standard InChI is InChI=1S/C39H38N12O3/c1-6-50-31(15-22(4)46-50)33-27(19-40)35-28(20-43-33)26-17-24(36(41)52)10-11-30(26)48(35)12-8-9-13-49-34-21(3)14-25(37(42)53)18-29(34)44-39(49)45-38(54)32-16-23(5)47-51(32)7-2/h8-11,14-18,20H,6-7,12-13H2,1-5H3,(H2,41,52)(H2,42,53)(H,44,45,54). The van der Waals surface area contributed by atoms with Crippen LogP contribution >= 0.6 is 0 Å². The molecule has 3 amide bonds. The van der Waals surface area contributed by atoms with Gasteiger partial charge in [-0.2, -0.15) is 15.5 Å². The summed E-state index contributed by atoms with van der Waals surface area (Å²) >= 11 is 0. The third-order valence-electron chi connectivity index (χ3n) is 9.46. The molecule has 0 atom stereocenters. The highest BCUT2D eigenvalue weighted by Crippen LogP contribution is 2.36. The molecule has 0 aliphatic carbocycles. The minimum absolute atomic E-state index is 0.284. The van der Waals surface area contributed by atoms with Crippen molar-refractivity contribution in [2.24, 2.45) is 11.5 Å². The first-order valence-corrected chi connectivity index (χ1v) is 17.4. The number of amides is 3. The van der Waals surface area contributed by atoms with Gasteiger partial charge in [0.2, 0.25) is 17.8 Å². The first-order valence-electron chi connectivity index (χ1n) is 17.4. The molecule has 0 fully saturated rings. The molecule has 7 rings (SSSR count). The van der Waals surface area contributed by atoms with Gasteiger partial charge in [0.15, 0.2) is 0 Å². The number of hydrogen-bond acceptors (Lipinski definition) is 8. The normalized spacial score (nSPS) is 11.6. The molecule has 0 bridgehead atoms. The highest BCUT2D eigenvalue weighted by atomic mass is 16.2. The van der Waals surface area contributed by atoms with Crippen molar-refractivity contribution in [2.75, 3.05) is 5.32 Å². The summed E-state index contributed by atoms with van der Waals surface area (Å²) in [6.07, 6.45) is 5.63. The van der Waals surface area contributed by atoms with Gasteiger partial charge in [0.1, 0.15) is 23.0 Å². The van der Waals surface area contributed by atoms with E-state index >= 15 is 0 Å². The summed E-state index contributed by atoms with van der Waals surface area (Å²) in [5.74, 6) is -1.24. The highest BCUT2D eigenvalue weighted by molar-refractivity contribution is 6.12. The summed E-state index contributed by atoms with van der Waals surface area (Å²) < 4.78 is 7.33. The van der Waals surface area contributed by atoms with Gasteiger partial charge < -0.3 is 20.6 Å². The molecule has 0 aliphatic heterocycles. The number of fused-ring (bicyclic) bond motifs is 4. The Hall–Kier alpha value is -7.08. The number of carbonyl (C=O) groups excluding carboxylic acids is 3. The minimum atomic E-state index is -0.583. The zero-order chi connectivity index (χ0) is 38.4. The van der Waals surface area contributed by atoms with Gasteiger partial charge in [0.25, 0.3) is 5.91 Å². The Balaban J connectivity index is 1.32. The second-order valence-electron chi connectivity index (χ2n) is 13.0. The van der Waals surface area contributed by atoms with Gasteiger partial charge in [-0.3, -0.25) is 34.0 Å². The summed E-state index contributed by atoms with van der Waals surface area (Å²) in [4.78, 5) is 47.3. The van der Waals surface area contributed by atoms with Crippen LogP contribution < -0.4 is 16.8 Å². The molecular weight excluding hydrogens is 685 g/mol. The number of benzene rings is 2. The zero-order valence-corrected chi connectivity index (χ0v) is 30.5. The van der Waals surface area contributed by atoms with E-state index in [-0.39, 0.29) is 11.9 Å². The van der Waals surface area contributed by atoms with Crippen molar-refractivity contribution in [2.45, 2.75) is 60.8 Å². The molecule has 5 heterocycles. The molecule has 54 heavy (non-hydrogen) atoms. The van der Waals surface area contributed by atoms with Crippen molar-refractivity contribution in [3.63, 3.8) is 0 Å². The molecule has 0 radical (unpaired) electrons. The maximum Gasteiger partial charge on any atom is 0.276 e. The average Bonchev–Trinajstić information content (AvgIpc) is 3.90. The number of pyridine rings is 1. The average molecular weight is 723 g/mol. The topological polar surface area (TPSA) is 210 Å². The van der Waals surface area contributed by atoms with Crippen molar-refractivity contribution in [1.82, 2.24) is 38.7 Å². The Morgan fingerprint density at radius 2 is 1.52 bits per heavy atom. The first kappa shape index (κ1) is 35.3. The van der Waals surface area contributed by atoms with Crippen LogP contribution in [-0.2, 0) is 26.2 Å². The first-order chi connectivity index (χ1) is 25.9. The van der Waals surface area contributed by atoms with E-state index in [1.165, 1.54) is 0 Å². The van der Waals surface area contributed by atoms with Crippen LogP contribution in [0, 0.1) is 32.1 Å². The SMILES string of the molecule is CCn1nc(C)cc1C(=O)Nc1nc2cc(C(N)=O)cc(C)c2n1CC=CCn1c2ccc(C(N)=O)cc2c2cnc(-c3cc(C)nn3CC)c(C#N)c21. The minimum Gasteiger partial charge on any atom is -0.366 e. The lowest BCUT2D eigenvalue weighted by Gasteiger charge is -2.11. The summed E-state index contributed by atoms with van der Waals surface area (Å²) in [6, 6.07) is 14.6. The molecule has 15 nitrogen and oxygen atoms in total. The van der Waals surface area contributed by atoms with Crippen molar-refractivity contribution in [3.8, 4) is 17.5 Å². The Morgan fingerprint density at radius 3 is 2.20 bits per heavy atom. The van der Waals surface area contributed by atoms with Crippen molar-refractivity contribution in [1.29, 1.82) is 5.26 Å². The van der Waals surface area contributed by atoms with Gasteiger partial charge in [-0.25, -0.2) is 4.98 Å². The van der Waals surface area contributed by atoms with E-state index in [0.717, 1.165) is 33.4 Å². The number of allylic oxidation sites excluding steroid dienone is 2. The molecule has 0 saturated carbocycles. The quantitative estimate of drug-likeness (QED) is 0.152. The fourth-order valence-corrected chi connectivity index (χ4v) is 7.09. The Morgan fingerprint density at radius 1 is 0.833 bits per heavy atom. The van der Waals surface area contributed by atoms with Crippen LogP contribution in [0.2, 0.25) is 0 Å². The number of nitriles is 1. The number of nitrogens with one attached hydrogen (secondary N) is 1. The third kappa shape index (κ3) is 6.03. The van der Waals surface area contributed by atoms with Gasteiger partial charge in [0.05, 0.1) is 33.6 Å². The molecule has 0 unspecified atom stereocenters. The van der Waals surface area contributed by atoms with Gasteiger partial charge in [0, 0.05) is 59.8 Å². The molecule has 5 N–H and O–H groups in total. The predicted octanol–water partition coefficient (Wildman–Crippen LogP) is 5.14. The largest absolute Gasteiger partial charge is 0.366 e. The fourth-order valence-electron chi connectivity index (χ4n) is 7.09. The van der Waals surface area contributed by atoms with Crippen LogP contribution in [0.5, 0.6) is 0 Å². The lowest BCUT2D eigenvalue weighted by molar-refractivity contribution is 0.0992. The van der Waals surface area contributed by atoms with Crippen LogP contribution in [0.3, 0.4) is 0 Å². The van der Waals surface area contributed by atoms with E-state index in [1.807, 2.05) is 72.7 Å². The number of hydrogen-bond donors (Lipinski definition) is 3. The molecule has 0 aliphatic rings. The lowest BCUT2D eigenvalue weighted by atomic mass is 10.1. The number of nitrogens with zero attached hydrogens (tertiary/aromatic N) is 9. The molecule has 0 spiro atoms. The van der Waals surface area contributed by atoms with Crippen LogP contribution in [0.4, 0.5) is 5.95 Å². The monoisotopic (exact) mass is 722 g/mol. The molecule has 15 heteroatoms. The molecule has 5 aromatic heterocycles. The van der Waals surface area contributed by atoms with Crippen LogP contribution in [0.25, 0.3) is 44.2 Å². The number of carbonyl (C=O) groups is 3. The van der Waals surface area contributed by atoms with Crippen molar-refractivity contribution < 1.29 is 14.4 Å². The van der Waals surface area contributed by atoms with Gasteiger partial charge in [-0.05, 0) is 82.6 Å². The summed E-state index contributed by atoms with van der Waals surface area (Å²) in [5, 5.41) is 24.0. The Labute approximate surface area is 309 Å². The number of primary amides is 2. The number of imidazole rings is 1. The second-order valence-corrected chi connectivity index (χ2v) is 13.0. The van der Waals surface area contributed by atoms with Gasteiger partial charge in [-0.15, -0.1) is 0 Å². The third-order valence-corrected chi connectivity index (χ3v) is 9.46. The zero-order valence-electron chi connectivity index (χ0n) is 30.5. The van der Waals surface area contributed by atoms with E-state index in [0.29, 0.717) is 76.4 Å². The molecule has 0 saturated heterocycles. The lowest BCUT2D eigenvalue weighted by Crippen LogP contribution is -2.20. The van der Waals surface area contributed by atoms with E-state index in [4.69, 9.17) is 21.4 Å². The van der Waals surface area contributed by atoms with Gasteiger partial charge in [-0.1, -0.05) is 12.2 Å². The fraction of sp³-hybridized carbons (Fsp3) is 0.231. The molecular formula is C39H38N12O3. The van der Waals surface area contributed by atoms with Crippen LogP contribution in [0.15, 0.2) is 60.8 Å². The molecule has 272 valence electrons. The van der Waals surface area contributed by atoms with E-state index < -0.39 is 11.8 Å². The number of nitrogens with two attached hydrogens (primary N) is 2. The van der Waals surface area contributed by atoms with E-state index in [9.17, 15) is 19.6 Å². The molecule has 2 aromatic carbocycles. The summed E-state index contributed by atoms with van der Waals surface area (Å²) in [5.41, 5.74) is 18.9. The summed E-state index contributed by atoms with van der Waals surface area (Å²) in [6.45, 7) is 11.2. The van der Waals surface area contributed by atoms with Crippen molar-refractivity contribution >= 4 is 56.5 Å². The van der Waals surface area contributed by atoms with Crippen LogP contribution in [0.1, 0.15) is 67.6 Å². The smallest absolute Gasteiger partial charge is 0.276 e. The molecule has 7 aromatic rings. The Bertz CT molecular complexity index is 2750. The maximum atomic E-state index is 13.5. The maximum absolute atomic E-state index is 13.5. The highest BCUT2D eigenvalue weighted by Gasteiger charge is 2.23. The van der Waals surface area contributed by atoms with E-state index in [2.05, 4.69) is 21.6 Å². The predicted molar refractivity (Wildman–Crippen MR) is 205 cm³/mol. The second kappa shape index (κ2) is 13.8.